The third-order valence-electron chi connectivity index (χ3n) is 1.03. The van der Waals surface area contributed by atoms with Crippen molar-refractivity contribution in [1.82, 2.24) is 0 Å². The highest BCUT2D eigenvalue weighted by molar-refractivity contribution is 6.34. The number of carboxylic acids is 1. The molecule has 0 saturated carbocycles. The van der Waals surface area contributed by atoms with Crippen molar-refractivity contribution in [2.75, 3.05) is 0 Å². The highest BCUT2D eigenvalue weighted by atomic mass is 35.5. The molecule has 0 atom stereocenters. The fraction of sp³-hybridized carbons (Fsp3) is 0.200. The predicted molar refractivity (Wildman–Crippen MR) is 34.3 cm³/mol. The first kappa shape index (κ1) is 7.21. The summed E-state index contributed by atoms with van der Waals surface area (Å²) in [5, 5.41) is 15.3. The Morgan fingerprint density at radius 2 is 2.20 bits per heavy atom. The van der Waals surface area contributed by atoms with Crippen LogP contribution in [0.5, 0.6) is 0 Å². The Balaban J connectivity index is 2.88. The maximum atomic E-state index is 10.2. The molecule has 0 unspecified atom stereocenters. The Labute approximate surface area is 62.2 Å². The zero-order valence-electron chi connectivity index (χ0n) is 5.13. The molecule has 53 valence electrons. The van der Waals surface area contributed by atoms with Crippen LogP contribution in [0.1, 0.15) is 6.92 Å². The van der Waals surface area contributed by atoms with E-state index in [1.807, 2.05) is 0 Å². The monoisotopic (exact) mass is 159 g/mol. The van der Waals surface area contributed by atoms with E-state index in [1.54, 1.807) is 6.92 Å². The summed E-state index contributed by atoms with van der Waals surface area (Å²) in [4.78, 5) is 10.2. The van der Waals surface area contributed by atoms with Gasteiger partial charge < -0.3 is 5.11 Å². The first-order chi connectivity index (χ1) is 4.63. The summed E-state index contributed by atoms with van der Waals surface area (Å²) in [6.07, 6.45) is 0. The minimum Gasteiger partial charge on any atom is -0.479 e. The van der Waals surface area contributed by atoms with E-state index >= 15 is 0 Å². The number of hydrogen-bond donors (Lipinski definition) is 1. The first-order valence-electron chi connectivity index (χ1n) is 2.51. The Bertz CT molecular complexity index is 234. The lowest BCUT2D eigenvalue weighted by molar-refractivity contribution is -0.134. The minimum atomic E-state index is -1.15. The van der Waals surface area contributed by atoms with E-state index in [1.165, 1.54) is 0 Å². The number of allylic oxidation sites excluding steroid dienone is 1. The van der Waals surface area contributed by atoms with Crippen LogP contribution in [0.25, 0.3) is 0 Å². The second-order valence-electron chi connectivity index (χ2n) is 1.75. The molecule has 4 nitrogen and oxygen atoms in total. The lowest BCUT2D eigenvalue weighted by Crippen LogP contribution is -2.06. The van der Waals surface area contributed by atoms with E-state index in [9.17, 15) is 4.79 Å². The zero-order chi connectivity index (χ0) is 7.72. The van der Waals surface area contributed by atoms with Crippen molar-refractivity contribution >= 4 is 17.6 Å². The van der Waals surface area contributed by atoms with Crippen molar-refractivity contribution in [1.29, 1.82) is 0 Å². The Morgan fingerprint density at radius 3 is 2.40 bits per heavy atom. The number of nitrogens with zero attached hydrogens (tertiary/aromatic N) is 2. The highest BCUT2D eigenvalue weighted by Crippen LogP contribution is 2.30. The van der Waals surface area contributed by atoms with Gasteiger partial charge in [0.25, 0.3) is 6.04 Å². The largest absolute Gasteiger partial charge is 0.479 e. The average molecular weight is 160 g/mol. The van der Waals surface area contributed by atoms with Crippen LogP contribution in [0.4, 0.5) is 0 Å². The van der Waals surface area contributed by atoms with E-state index in [-0.39, 0.29) is 11.1 Å². The highest BCUT2D eigenvalue weighted by Gasteiger charge is 2.28. The van der Waals surface area contributed by atoms with Gasteiger partial charge in [-0.05, 0) is 6.92 Å². The molecule has 0 aliphatic carbocycles. The van der Waals surface area contributed by atoms with Crippen molar-refractivity contribution in [3.05, 3.63) is 16.8 Å². The number of halogens is 1. The lowest BCUT2D eigenvalue weighted by Gasteiger charge is -1.94. The summed E-state index contributed by atoms with van der Waals surface area (Å²) in [7, 11) is 0. The fourth-order valence-corrected chi connectivity index (χ4v) is 0.677. The molecule has 1 N–H and O–H groups in total. The maximum Gasteiger partial charge on any atom is 0.343 e. The van der Waals surface area contributed by atoms with Gasteiger partial charge in [0.15, 0.2) is 0 Å². The van der Waals surface area contributed by atoms with Crippen molar-refractivity contribution < 1.29 is 9.90 Å². The van der Waals surface area contributed by atoms with Gasteiger partial charge in [-0.3, -0.25) is 0 Å². The number of azo groups is 1. The average Bonchev–Trinajstić information content (AvgIpc) is 2.14. The van der Waals surface area contributed by atoms with Gasteiger partial charge in [0.1, 0.15) is 0 Å². The SMILES string of the molecule is CC1=C(Cl)[C](C(=O)O)N=N1. The predicted octanol–water partition coefficient (Wildman–Crippen LogP) is 1.54. The van der Waals surface area contributed by atoms with Gasteiger partial charge in [0, 0.05) is 0 Å². The van der Waals surface area contributed by atoms with Gasteiger partial charge in [-0.25, -0.2) is 4.79 Å². The van der Waals surface area contributed by atoms with E-state index in [0.717, 1.165) is 0 Å². The molecule has 1 radical (unpaired) electrons. The number of hydrogen-bond acceptors (Lipinski definition) is 3. The third kappa shape index (κ3) is 1.02. The summed E-state index contributed by atoms with van der Waals surface area (Å²) < 4.78 is 0. The van der Waals surface area contributed by atoms with Crippen LogP contribution >= 0.6 is 11.6 Å². The molecular formula is C5H4ClN2O2. The molecule has 0 aromatic heterocycles. The lowest BCUT2D eigenvalue weighted by atomic mass is 10.3. The number of rotatable bonds is 1. The van der Waals surface area contributed by atoms with Gasteiger partial charge in [-0.15, -0.1) is 0 Å². The molecule has 1 heterocycles. The van der Waals surface area contributed by atoms with Crippen molar-refractivity contribution in [2.24, 2.45) is 10.2 Å². The second-order valence-corrected chi connectivity index (χ2v) is 2.13. The Hall–Kier alpha value is -0.900. The Kier molecular flexibility index (Phi) is 1.72. The van der Waals surface area contributed by atoms with E-state index in [0.29, 0.717) is 5.70 Å². The van der Waals surface area contributed by atoms with Crippen LogP contribution in [-0.2, 0) is 4.79 Å². The van der Waals surface area contributed by atoms with Crippen molar-refractivity contribution in [3.63, 3.8) is 0 Å². The summed E-state index contributed by atoms with van der Waals surface area (Å²) in [6, 6.07) is -0.181. The summed E-state index contributed by atoms with van der Waals surface area (Å²) in [5.41, 5.74) is 0.444. The second kappa shape index (κ2) is 2.38. The van der Waals surface area contributed by atoms with Crippen LogP contribution in [-0.4, -0.2) is 11.1 Å². The molecule has 0 fully saturated rings. The van der Waals surface area contributed by atoms with Crippen LogP contribution in [0.2, 0.25) is 0 Å². The summed E-state index contributed by atoms with van der Waals surface area (Å²) in [5.74, 6) is -1.15. The van der Waals surface area contributed by atoms with Crippen molar-refractivity contribution in [3.8, 4) is 0 Å². The van der Waals surface area contributed by atoms with E-state index < -0.39 is 5.97 Å². The summed E-state index contributed by atoms with van der Waals surface area (Å²) >= 11 is 5.50. The molecule has 10 heavy (non-hydrogen) atoms. The summed E-state index contributed by atoms with van der Waals surface area (Å²) in [6.45, 7) is 1.60. The topological polar surface area (TPSA) is 62.0 Å². The van der Waals surface area contributed by atoms with Gasteiger partial charge in [-0.1, -0.05) is 11.6 Å². The smallest absolute Gasteiger partial charge is 0.343 e. The molecule has 0 spiro atoms. The van der Waals surface area contributed by atoms with Gasteiger partial charge in [0.05, 0.1) is 10.7 Å². The molecule has 1 aliphatic rings. The maximum absolute atomic E-state index is 10.2. The first-order valence-corrected chi connectivity index (χ1v) is 2.89. The third-order valence-corrected chi connectivity index (χ3v) is 1.48. The normalized spacial score (nSPS) is 18.6. The molecule has 5 heteroatoms. The standard InChI is InChI=1S/C5H4ClN2O2/c1-2-3(6)4(5(9)10)8-7-2/h1H3,(H,9,10). The molecule has 0 aromatic carbocycles. The fourth-order valence-electron chi connectivity index (χ4n) is 0.521. The van der Waals surface area contributed by atoms with Gasteiger partial charge >= 0.3 is 5.97 Å². The quantitative estimate of drug-likeness (QED) is 0.631. The molecule has 0 amide bonds. The van der Waals surface area contributed by atoms with E-state index in [2.05, 4.69) is 10.2 Å². The van der Waals surface area contributed by atoms with Crippen LogP contribution in [0.15, 0.2) is 21.0 Å². The van der Waals surface area contributed by atoms with Crippen LogP contribution in [0, 0.1) is 6.04 Å². The van der Waals surface area contributed by atoms with Crippen LogP contribution < -0.4 is 0 Å². The molecule has 0 saturated heterocycles. The molecule has 0 aromatic rings. The molecule has 1 aliphatic heterocycles. The zero-order valence-corrected chi connectivity index (χ0v) is 5.88. The van der Waals surface area contributed by atoms with Crippen LogP contribution in [0.3, 0.4) is 0 Å². The molecule has 1 rings (SSSR count). The minimum absolute atomic E-state index is 0.118. The molecular weight excluding hydrogens is 156 g/mol. The van der Waals surface area contributed by atoms with E-state index in [4.69, 9.17) is 16.7 Å². The van der Waals surface area contributed by atoms with Crippen molar-refractivity contribution in [2.45, 2.75) is 6.92 Å². The van der Waals surface area contributed by atoms with Gasteiger partial charge in [0.2, 0.25) is 0 Å². The number of aliphatic carboxylic acids is 1. The molecule has 0 bridgehead atoms. The Morgan fingerprint density at radius 1 is 1.60 bits per heavy atom. The number of carbonyl (C=O) groups is 1. The number of carboxylic acid groups (broad SMARTS) is 1. The van der Waals surface area contributed by atoms with Gasteiger partial charge in [-0.2, -0.15) is 10.2 Å².